The Labute approximate surface area is 230 Å². The Morgan fingerprint density at radius 2 is 1.68 bits per heavy atom. The number of rotatable bonds is 7. The van der Waals surface area contributed by atoms with Crippen molar-refractivity contribution >= 4 is 17.7 Å². The molecule has 1 N–H and O–H groups in total. The maximum absolute atomic E-state index is 13.3. The van der Waals surface area contributed by atoms with Crippen LogP contribution >= 0.6 is 0 Å². The number of ether oxygens (including phenoxy) is 1. The number of amides is 1. The summed E-state index contributed by atoms with van der Waals surface area (Å²) in [5, 5.41) is 17.4. The van der Waals surface area contributed by atoms with Gasteiger partial charge in [-0.2, -0.15) is 10.4 Å². The third-order valence-corrected chi connectivity index (χ3v) is 6.56. The zero-order chi connectivity index (χ0) is 28.2. The second kappa shape index (κ2) is 11.0. The van der Waals surface area contributed by atoms with E-state index in [1.165, 1.54) is 10.8 Å². The number of methoxy groups -OCH3 is 1. The van der Waals surface area contributed by atoms with Crippen LogP contribution in [0.5, 0.6) is 5.75 Å². The van der Waals surface area contributed by atoms with Crippen molar-refractivity contribution in [1.82, 2.24) is 19.1 Å². The molecule has 198 valence electrons. The summed E-state index contributed by atoms with van der Waals surface area (Å²) < 4.78 is 10.2. The molecule has 2 aromatic heterocycles. The number of nitrogens with one attached hydrogen (secondary N) is 1. The number of benzene rings is 3. The molecule has 40 heavy (non-hydrogen) atoms. The smallest absolute Gasteiger partial charge is 0.295 e. The predicted octanol–water partition coefficient (Wildman–Crippen LogP) is 4.89. The maximum atomic E-state index is 13.3. The fourth-order valence-electron chi connectivity index (χ4n) is 4.40. The quantitative estimate of drug-likeness (QED) is 0.238. The first-order valence-corrected chi connectivity index (χ1v) is 12.5. The van der Waals surface area contributed by atoms with Gasteiger partial charge < -0.3 is 10.1 Å². The Hall–Kier alpha value is -5.62. The van der Waals surface area contributed by atoms with E-state index in [0.29, 0.717) is 28.4 Å². The molecule has 0 saturated heterocycles. The summed E-state index contributed by atoms with van der Waals surface area (Å²) in [6.07, 6.45) is 3.23. The molecule has 0 aliphatic rings. The highest BCUT2D eigenvalue weighted by molar-refractivity contribution is 6.10. The number of nitriles is 1. The molecule has 1 amide bonds. The summed E-state index contributed by atoms with van der Waals surface area (Å²) in [4.78, 5) is 26.6. The number of para-hydroxylation sites is 2. The number of anilines is 1. The lowest BCUT2D eigenvalue weighted by Gasteiger charge is -2.07. The molecule has 0 atom stereocenters. The summed E-state index contributed by atoms with van der Waals surface area (Å²) in [6.45, 7) is 1.73. The van der Waals surface area contributed by atoms with Crippen LogP contribution in [0.2, 0.25) is 0 Å². The van der Waals surface area contributed by atoms with Crippen molar-refractivity contribution in [2.24, 2.45) is 7.05 Å². The largest absolute Gasteiger partial charge is 0.497 e. The monoisotopic (exact) mass is 530 g/mol. The number of hydrogen-bond donors (Lipinski definition) is 1. The first-order valence-electron chi connectivity index (χ1n) is 12.5. The average molecular weight is 531 g/mol. The van der Waals surface area contributed by atoms with Crippen molar-refractivity contribution in [2.75, 3.05) is 12.4 Å². The van der Waals surface area contributed by atoms with E-state index in [2.05, 4.69) is 5.32 Å². The topological polar surface area (TPSA) is 107 Å². The zero-order valence-corrected chi connectivity index (χ0v) is 22.2. The third-order valence-electron chi connectivity index (χ3n) is 6.56. The van der Waals surface area contributed by atoms with Gasteiger partial charge >= 0.3 is 0 Å². The van der Waals surface area contributed by atoms with E-state index in [1.807, 2.05) is 78.9 Å². The first-order chi connectivity index (χ1) is 19.4. The Bertz CT molecular complexity index is 1820. The van der Waals surface area contributed by atoms with Crippen molar-refractivity contribution in [3.05, 3.63) is 118 Å². The van der Waals surface area contributed by atoms with Crippen LogP contribution in [0.25, 0.3) is 28.7 Å². The van der Waals surface area contributed by atoms with Gasteiger partial charge in [-0.25, -0.2) is 9.36 Å². The number of carbonyl (C=O) groups is 1. The van der Waals surface area contributed by atoms with Crippen LogP contribution < -0.4 is 15.6 Å². The normalized spacial score (nSPS) is 11.2. The zero-order valence-electron chi connectivity index (χ0n) is 22.2. The van der Waals surface area contributed by atoms with Gasteiger partial charge in [0.1, 0.15) is 28.8 Å². The van der Waals surface area contributed by atoms with Crippen molar-refractivity contribution < 1.29 is 9.53 Å². The highest BCUT2D eigenvalue weighted by atomic mass is 16.5. The van der Waals surface area contributed by atoms with Crippen LogP contribution in [0.3, 0.4) is 0 Å². The van der Waals surface area contributed by atoms with E-state index >= 15 is 0 Å². The molecule has 0 aliphatic carbocycles. The molecule has 5 aromatic rings. The van der Waals surface area contributed by atoms with Crippen molar-refractivity contribution in [3.8, 4) is 34.5 Å². The van der Waals surface area contributed by atoms with Gasteiger partial charge in [0.25, 0.3) is 11.5 Å². The van der Waals surface area contributed by atoms with E-state index in [4.69, 9.17) is 9.84 Å². The molecule has 9 heteroatoms. The van der Waals surface area contributed by atoms with Crippen LogP contribution in [-0.2, 0) is 11.8 Å². The van der Waals surface area contributed by atoms with Crippen LogP contribution in [0, 0.1) is 18.3 Å². The fraction of sp³-hybridized carbons (Fsp3) is 0.0968. The Balaban J connectivity index is 1.55. The van der Waals surface area contributed by atoms with E-state index in [0.717, 1.165) is 11.3 Å². The lowest BCUT2D eigenvalue weighted by Crippen LogP contribution is -2.23. The summed E-state index contributed by atoms with van der Waals surface area (Å²) in [6, 6.07) is 28.0. The van der Waals surface area contributed by atoms with Gasteiger partial charge in [0.15, 0.2) is 0 Å². The number of hydrogen-bond acceptors (Lipinski definition) is 5. The molecule has 0 fully saturated rings. The number of nitrogens with zero attached hydrogens (tertiary/aromatic N) is 5. The van der Waals surface area contributed by atoms with E-state index in [1.54, 1.807) is 48.8 Å². The molecule has 0 spiro atoms. The lowest BCUT2D eigenvalue weighted by atomic mass is 10.1. The lowest BCUT2D eigenvalue weighted by molar-refractivity contribution is -0.112. The van der Waals surface area contributed by atoms with Gasteiger partial charge in [0.2, 0.25) is 0 Å². The van der Waals surface area contributed by atoms with Crippen LogP contribution in [0.1, 0.15) is 11.3 Å². The summed E-state index contributed by atoms with van der Waals surface area (Å²) >= 11 is 0. The predicted molar refractivity (Wildman–Crippen MR) is 154 cm³/mol. The molecule has 0 unspecified atom stereocenters. The van der Waals surface area contributed by atoms with Gasteiger partial charge in [-0.3, -0.25) is 14.3 Å². The van der Waals surface area contributed by atoms with Crippen LogP contribution in [-0.4, -0.2) is 32.2 Å². The van der Waals surface area contributed by atoms with Crippen molar-refractivity contribution in [3.63, 3.8) is 0 Å². The molecule has 2 heterocycles. The minimum atomic E-state index is -0.697. The van der Waals surface area contributed by atoms with Crippen molar-refractivity contribution in [2.45, 2.75) is 6.92 Å². The van der Waals surface area contributed by atoms with Gasteiger partial charge in [0.05, 0.1) is 24.2 Å². The highest BCUT2D eigenvalue weighted by Crippen LogP contribution is 2.28. The second-order valence-electron chi connectivity index (χ2n) is 9.01. The van der Waals surface area contributed by atoms with Gasteiger partial charge in [-0.05, 0) is 49.4 Å². The Morgan fingerprint density at radius 1 is 1.00 bits per heavy atom. The van der Waals surface area contributed by atoms with Crippen molar-refractivity contribution in [1.29, 1.82) is 5.26 Å². The maximum Gasteiger partial charge on any atom is 0.295 e. The van der Waals surface area contributed by atoms with Crippen LogP contribution in [0.15, 0.2) is 101 Å². The van der Waals surface area contributed by atoms with E-state index < -0.39 is 11.5 Å². The molecule has 0 bridgehead atoms. The minimum Gasteiger partial charge on any atom is -0.497 e. The average Bonchev–Trinajstić information content (AvgIpc) is 3.51. The van der Waals surface area contributed by atoms with Gasteiger partial charge in [0, 0.05) is 24.4 Å². The molecule has 0 saturated carbocycles. The first kappa shape index (κ1) is 26.0. The Morgan fingerprint density at radius 3 is 2.33 bits per heavy atom. The van der Waals surface area contributed by atoms with E-state index in [9.17, 15) is 14.9 Å². The molecular weight excluding hydrogens is 504 g/mol. The Kier molecular flexibility index (Phi) is 7.16. The van der Waals surface area contributed by atoms with Gasteiger partial charge in [-0.15, -0.1) is 0 Å². The molecule has 5 rings (SSSR count). The molecular formula is C31H26N6O3. The summed E-state index contributed by atoms with van der Waals surface area (Å²) in [5.74, 6) is -0.0493. The van der Waals surface area contributed by atoms with Crippen LogP contribution in [0.4, 0.5) is 5.69 Å². The second-order valence-corrected chi connectivity index (χ2v) is 9.01. The SMILES string of the molecule is COc1cccc(-c2nn(-c3ccccc3)cc2C=C(C#N)C(=O)Nc2c(C)n(C)n(-c3ccccc3)c2=O)c1. The summed E-state index contributed by atoms with van der Waals surface area (Å²) in [5.41, 5.74) is 3.42. The van der Waals surface area contributed by atoms with E-state index in [-0.39, 0.29) is 11.3 Å². The number of aromatic nitrogens is 4. The minimum absolute atomic E-state index is 0.102. The third kappa shape index (κ3) is 4.93. The molecule has 9 nitrogen and oxygen atoms in total. The number of carbonyl (C=O) groups excluding carboxylic acids is 1. The molecule has 3 aromatic carbocycles. The summed E-state index contributed by atoms with van der Waals surface area (Å²) in [7, 11) is 3.32. The fourth-order valence-corrected chi connectivity index (χ4v) is 4.40. The molecule has 0 aliphatic heterocycles. The molecule has 0 radical (unpaired) electrons. The van der Waals surface area contributed by atoms with Gasteiger partial charge in [-0.1, -0.05) is 48.5 Å². The highest BCUT2D eigenvalue weighted by Gasteiger charge is 2.21. The standard InChI is InChI=1S/C31H26N6O3/c1-21-28(31(39)37(35(21)2)26-14-8-5-9-15-26)33-30(38)23(19-32)17-24-20-36(25-12-6-4-7-13-25)34-29(24)22-11-10-16-27(18-22)40-3/h4-18,20H,1-3H3,(H,33,38).